The highest BCUT2D eigenvalue weighted by Crippen LogP contribution is 2.28. The monoisotopic (exact) mass is 509 g/mol. The molecule has 8 nitrogen and oxygen atoms in total. The van der Waals surface area contributed by atoms with Gasteiger partial charge in [-0.15, -0.1) is 12.4 Å². The van der Waals surface area contributed by atoms with Crippen LogP contribution in [0.25, 0.3) is 5.69 Å². The van der Waals surface area contributed by atoms with Crippen LogP contribution in [0.4, 0.5) is 5.69 Å². The molecule has 186 valence electrons. The molecule has 1 heterocycles. The third kappa shape index (κ3) is 7.86. The fraction of sp³-hybridized carbons (Fsp3) is 0.333. The van der Waals surface area contributed by atoms with Gasteiger partial charge in [0.05, 0.1) is 31.9 Å². The first kappa shape index (κ1) is 27.4. The molecule has 10 heteroatoms. The van der Waals surface area contributed by atoms with Crippen LogP contribution >= 0.6 is 12.4 Å². The topological polar surface area (TPSA) is 82.0 Å². The Morgan fingerprint density at radius 1 is 0.941 bits per heavy atom. The Kier molecular flexibility index (Phi) is 10.1. The number of ether oxygens (including phenoxy) is 3. The lowest BCUT2D eigenvalue weighted by molar-refractivity contribution is 0.238. The highest BCUT2D eigenvalue weighted by molar-refractivity contribution is 7.92. The zero-order chi connectivity index (χ0) is 23.8. The van der Waals surface area contributed by atoms with Crippen LogP contribution in [0.3, 0.4) is 0 Å². The highest BCUT2D eigenvalue weighted by Gasteiger charge is 2.11. The maximum Gasteiger partial charge on any atom is 0.229 e. The number of sulfonamides is 1. The minimum atomic E-state index is -3.36. The molecule has 0 amide bonds. The molecule has 2 aromatic carbocycles. The van der Waals surface area contributed by atoms with Crippen molar-refractivity contribution in [3.8, 4) is 22.9 Å². The van der Waals surface area contributed by atoms with Crippen molar-refractivity contribution in [1.29, 1.82) is 0 Å². The van der Waals surface area contributed by atoms with Gasteiger partial charge in [-0.2, -0.15) is 0 Å². The summed E-state index contributed by atoms with van der Waals surface area (Å²) in [5, 5.41) is 0. The quantitative estimate of drug-likeness (QED) is 0.399. The molecule has 0 unspecified atom stereocenters. The third-order valence-electron chi connectivity index (χ3n) is 5.11. The van der Waals surface area contributed by atoms with Crippen LogP contribution in [0.15, 0.2) is 60.9 Å². The van der Waals surface area contributed by atoms with E-state index in [0.29, 0.717) is 18.0 Å². The molecule has 3 aromatic rings. The standard InChI is InChI=1S/C24H31N3O5S.ClH/c1-26(14-11-19-7-9-23(30-2)24(17-19)31-3)15-16-32-22-10-8-20(25-33(4,28)29)18-21(22)27-12-5-6-13-27;/h5-10,12-13,17-18,25H,11,14-16H2,1-4H3;1H. The molecule has 0 aliphatic heterocycles. The summed E-state index contributed by atoms with van der Waals surface area (Å²) in [7, 11) is 1.95. The lowest BCUT2D eigenvalue weighted by atomic mass is 10.1. The Balaban J connectivity index is 0.00000408. The van der Waals surface area contributed by atoms with Crippen molar-refractivity contribution >= 4 is 28.1 Å². The summed E-state index contributed by atoms with van der Waals surface area (Å²) in [5.74, 6) is 2.13. The maximum absolute atomic E-state index is 11.6. The second-order valence-corrected chi connectivity index (χ2v) is 9.49. The van der Waals surface area contributed by atoms with Gasteiger partial charge in [-0.25, -0.2) is 8.42 Å². The van der Waals surface area contributed by atoms with Crippen molar-refractivity contribution in [3.63, 3.8) is 0 Å². The SMILES string of the molecule is COc1ccc(CCN(C)CCOc2ccc(NS(C)(=O)=O)cc2-n2cccc2)cc1OC.Cl. The van der Waals surface area contributed by atoms with Crippen LogP contribution in [0.5, 0.6) is 17.2 Å². The fourth-order valence-corrected chi connectivity index (χ4v) is 3.95. The van der Waals surface area contributed by atoms with Gasteiger partial charge in [-0.3, -0.25) is 4.72 Å². The van der Waals surface area contributed by atoms with Crippen molar-refractivity contribution < 1.29 is 22.6 Å². The van der Waals surface area contributed by atoms with E-state index in [0.717, 1.165) is 43.0 Å². The summed E-state index contributed by atoms with van der Waals surface area (Å²) < 4.78 is 44.3. The summed E-state index contributed by atoms with van der Waals surface area (Å²) in [6.45, 7) is 2.10. The van der Waals surface area contributed by atoms with Gasteiger partial charge in [0.15, 0.2) is 11.5 Å². The van der Waals surface area contributed by atoms with Crippen molar-refractivity contribution in [2.24, 2.45) is 0 Å². The molecule has 0 fully saturated rings. The normalized spacial score (nSPS) is 11.1. The number of nitrogens with zero attached hydrogens (tertiary/aromatic N) is 2. The van der Waals surface area contributed by atoms with Crippen LogP contribution in [-0.4, -0.2) is 65.1 Å². The number of nitrogens with one attached hydrogen (secondary N) is 1. The van der Waals surface area contributed by atoms with Gasteiger partial charge >= 0.3 is 0 Å². The fourth-order valence-electron chi connectivity index (χ4n) is 3.39. The van der Waals surface area contributed by atoms with Crippen LogP contribution in [0.2, 0.25) is 0 Å². The minimum absolute atomic E-state index is 0. The van der Waals surface area contributed by atoms with Crippen molar-refractivity contribution in [3.05, 3.63) is 66.5 Å². The number of methoxy groups -OCH3 is 2. The molecular formula is C24H32ClN3O5S. The number of anilines is 1. The first-order valence-corrected chi connectivity index (χ1v) is 12.5. The van der Waals surface area contributed by atoms with E-state index in [4.69, 9.17) is 14.2 Å². The van der Waals surface area contributed by atoms with Gasteiger partial charge < -0.3 is 23.7 Å². The highest BCUT2D eigenvalue weighted by atomic mass is 35.5. The van der Waals surface area contributed by atoms with Gasteiger partial charge in [0.1, 0.15) is 12.4 Å². The molecule has 3 rings (SSSR count). The van der Waals surface area contributed by atoms with E-state index >= 15 is 0 Å². The molecule has 0 spiro atoms. The van der Waals surface area contributed by atoms with E-state index in [1.807, 2.05) is 47.3 Å². The number of benzene rings is 2. The molecule has 0 saturated heterocycles. The summed E-state index contributed by atoms with van der Waals surface area (Å²) in [6.07, 6.45) is 5.78. The van der Waals surface area contributed by atoms with Crippen LogP contribution in [-0.2, 0) is 16.4 Å². The number of hydrogen-bond donors (Lipinski definition) is 1. The Morgan fingerprint density at radius 3 is 2.26 bits per heavy atom. The molecule has 0 saturated carbocycles. The maximum atomic E-state index is 11.6. The van der Waals surface area contributed by atoms with Crippen molar-refractivity contribution in [2.75, 3.05) is 51.9 Å². The van der Waals surface area contributed by atoms with Crippen molar-refractivity contribution in [1.82, 2.24) is 9.47 Å². The third-order valence-corrected chi connectivity index (χ3v) is 5.71. The van der Waals surface area contributed by atoms with Crippen LogP contribution < -0.4 is 18.9 Å². The summed E-state index contributed by atoms with van der Waals surface area (Å²) in [4.78, 5) is 2.20. The number of aromatic nitrogens is 1. The van der Waals surface area contributed by atoms with Gasteiger partial charge in [0.2, 0.25) is 10.0 Å². The average Bonchev–Trinajstić information content (AvgIpc) is 3.32. The van der Waals surface area contributed by atoms with Crippen LogP contribution in [0, 0.1) is 0 Å². The van der Waals surface area contributed by atoms with Gasteiger partial charge in [-0.1, -0.05) is 6.07 Å². The molecular weight excluding hydrogens is 478 g/mol. The Bertz CT molecular complexity index is 1150. The molecule has 0 aliphatic carbocycles. The van der Waals surface area contributed by atoms with Crippen molar-refractivity contribution in [2.45, 2.75) is 6.42 Å². The predicted molar refractivity (Wildman–Crippen MR) is 138 cm³/mol. The smallest absolute Gasteiger partial charge is 0.229 e. The van der Waals surface area contributed by atoms with E-state index in [1.165, 1.54) is 5.56 Å². The number of hydrogen-bond acceptors (Lipinski definition) is 6. The zero-order valence-electron chi connectivity index (χ0n) is 19.9. The number of rotatable bonds is 12. The van der Waals surface area contributed by atoms with E-state index in [2.05, 4.69) is 16.7 Å². The van der Waals surface area contributed by atoms with E-state index in [9.17, 15) is 8.42 Å². The van der Waals surface area contributed by atoms with E-state index in [1.54, 1.807) is 32.4 Å². The molecule has 1 aromatic heterocycles. The van der Waals surface area contributed by atoms with E-state index in [-0.39, 0.29) is 12.4 Å². The summed E-state index contributed by atoms with van der Waals surface area (Å²) in [5.41, 5.74) is 2.42. The Labute approximate surface area is 207 Å². The molecule has 34 heavy (non-hydrogen) atoms. The minimum Gasteiger partial charge on any atom is -0.493 e. The van der Waals surface area contributed by atoms with Gasteiger partial charge in [0.25, 0.3) is 0 Å². The lowest BCUT2D eigenvalue weighted by Crippen LogP contribution is -2.26. The van der Waals surface area contributed by atoms with Crippen LogP contribution in [0.1, 0.15) is 5.56 Å². The Hall–Kier alpha value is -2.88. The predicted octanol–water partition coefficient (Wildman–Crippen LogP) is 3.84. The second kappa shape index (κ2) is 12.5. The first-order valence-electron chi connectivity index (χ1n) is 10.6. The molecule has 1 N–H and O–H groups in total. The second-order valence-electron chi connectivity index (χ2n) is 7.74. The first-order chi connectivity index (χ1) is 15.8. The molecule has 0 atom stereocenters. The molecule has 0 bridgehead atoms. The summed E-state index contributed by atoms with van der Waals surface area (Å²) in [6, 6.07) is 15.0. The largest absolute Gasteiger partial charge is 0.493 e. The average molecular weight is 510 g/mol. The molecule has 0 radical (unpaired) electrons. The van der Waals surface area contributed by atoms with Gasteiger partial charge in [-0.05, 0) is 61.5 Å². The number of likely N-dealkylation sites (N-methyl/N-ethyl adjacent to an activating group) is 1. The van der Waals surface area contributed by atoms with E-state index < -0.39 is 10.0 Å². The lowest BCUT2D eigenvalue weighted by Gasteiger charge is -2.19. The van der Waals surface area contributed by atoms with Gasteiger partial charge in [0, 0.05) is 25.5 Å². The Morgan fingerprint density at radius 2 is 1.62 bits per heavy atom. The zero-order valence-corrected chi connectivity index (χ0v) is 21.5. The molecule has 0 aliphatic rings. The summed E-state index contributed by atoms with van der Waals surface area (Å²) >= 11 is 0. The number of halogens is 1.